The quantitative estimate of drug-likeness (QED) is 0.522. The molecule has 1 rings (SSSR count). The summed E-state index contributed by atoms with van der Waals surface area (Å²) >= 11 is 0. The maximum absolute atomic E-state index is 12.3. The predicted octanol–water partition coefficient (Wildman–Crippen LogP) is 2.68. The number of aryl methyl sites for hydroxylation is 2. The topological polar surface area (TPSA) is 43.1 Å². The standard InChI is InChI=1S/C9H10FNO2/c1-6-3-7(2)9(11(12)13)4-8(6)5-10/h3-4H,5H2,1-2H3. The Morgan fingerprint density at radius 2 is 2.00 bits per heavy atom. The molecule has 0 aromatic heterocycles. The van der Waals surface area contributed by atoms with E-state index in [1.54, 1.807) is 19.9 Å². The van der Waals surface area contributed by atoms with E-state index in [1.165, 1.54) is 6.07 Å². The largest absolute Gasteiger partial charge is 0.272 e. The molecule has 0 amide bonds. The number of nitrogens with zero attached hydrogens (tertiary/aromatic N) is 1. The van der Waals surface area contributed by atoms with Gasteiger partial charge < -0.3 is 0 Å². The minimum absolute atomic E-state index is 0.0155. The minimum Gasteiger partial charge on any atom is -0.258 e. The molecule has 0 aliphatic heterocycles. The molecule has 0 unspecified atom stereocenters. The van der Waals surface area contributed by atoms with E-state index in [4.69, 9.17) is 0 Å². The minimum atomic E-state index is -0.660. The van der Waals surface area contributed by atoms with Gasteiger partial charge in [-0.25, -0.2) is 4.39 Å². The summed E-state index contributed by atoms with van der Waals surface area (Å²) in [6.45, 7) is 2.73. The molecule has 0 heterocycles. The van der Waals surface area contributed by atoms with Gasteiger partial charge in [0.05, 0.1) is 4.92 Å². The normalized spacial score (nSPS) is 10.1. The van der Waals surface area contributed by atoms with Crippen molar-refractivity contribution in [3.63, 3.8) is 0 Å². The van der Waals surface area contributed by atoms with Crippen molar-refractivity contribution in [2.24, 2.45) is 0 Å². The van der Waals surface area contributed by atoms with Crippen LogP contribution in [-0.2, 0) is 6.67 Å². The van der Waals surface area contributed by atoms with Crippen LogP contribution in [0.15, 0.2) is 12.1 Å². The third kappa shape index (κ3) is 1.83. The van der Waals surface area contributed by atoms with Gasteiger partial charge in [-0.05, 0) is 31.0 Å². The first-order valence-electron chi connectivity index (χ1n) is 3.86. The van der Waals surface area contributed by atoms with Crippen molar-refractivity contribution in [2.45, 2.75) is 20.5 Å². The molecular weight excluding hydrogens is 173 g/mol. The van der Waals surface area contributed by atoms with E-state index in [-0.39, 0.29) is 5.69 Å². The number of hydrogen-bond donors (Lipinski definition) is 0. The van der Waals surface area contributed by atoms with Crippen molar-refractivity contribution < 1.29 is 9.31 Å². The number of rotatable bonds is 2. The van der Waals surface area contributed by atoms with E-state index in [1.807, 2.05) is 0 Å². The molecule has 0 atom stereocenters. The van der Waals surface area contributed by atoms with Crippen molar-refractivity contribution in [1.29, 1.82) is 0 Å². The van der Waals surface area contributed by atoms with Gasteiger partial charge in [-0.2, -0.15) is 0 Å². The summed E-state index contributed by atoms with van der Waals surface area (Å²) < 4.78 is 12.3. The SMILES string of the molecule is Cc1cc(C)c([N+](=O)[O-])cc1CF. The highest BCUT2D eigenvalue weighted by molar-refractivity contribution is 5.46. The molecule has 3 nitrogen and oxygen atoms in total. The van der Waals surface area contributed by atoms with Crippen LogP contribution in [-0.4, -0.2) is 4.92 Å². The lowest BCUT2D eigenvalue weighted by atomic mass is 10.0. The Bertz CT molecular complexity index is 350. The maximum atomic E-state index is 12.3. The lowest BCUT2D eigenvalue weighted by molar-refractivity contribution is -0.385. The van der Waals surface area contributed by atoms with Gasteiger partial charge in [-0.1, -0.05) is 0 Å². The van der Waals surface area contributed by atoms with Gasteiger partial charge in [-0.15, -0.1) is 0 Å². The monoisotopic (exact) mass is 183 g/mol. The second-order valence-corrected chi connectivity index (χ2v) is 2.96. The summed E-state index contributed by atoms with van der Waals surface area (Å²) in [5.74, 6) is 0. The fraction of sp³-hybridized carbons (Fsp3) is 0.333. The molecule has 0 fully saturated rings. The highest BCUT2D eigenvalue weighted by Crippen LogP contribution is 2.22. The third-order valence-electron chi connectivity index (χ3n) is 2.00. The van der Waals surface area contributed by atoms with Gasteiger partial charge in [0.1, 0.15) is 6.67 Å². The molecule has 4 heteroatoms. The van der Waals surface area contributed by atoms with Gasteiger partial charge >= 0.3 is 0 Å². The van der Waals surface area contributed by atoms with Crippen molar-refractivity contribution in [3.8, 4) is 0 Å². The van der Waals surface area contributed by atoms with Crippen LogP contribution in [0.2, 0.25) is 0 Å². The van der Waals surface area contributed by atoms with E-state index in [9.17, 15) is 14.5 Å². The van der Waals surface area contributed by atoms with Crippen LogP contribution < -0.4 is 0 Å². The summed E-state index contributed by atoms with van der Waals surface area (Å²) in [5, 5.41) is 10.5. The van der Waals surface area contributed by atoms with Crippen molar-refractivity contribution in [1.82, 2.24) is 0 Å². The Kier molecular flexibility index (Phi) is 2.60. The van der Waals surface area contributed by atoms with Crippen LogP contribution in [0.5, 0.6) is 0 Å². The van der Waals surface area contributed by atoms with E-state index >= 15 is 0 Å². The first-order valence-corrected chi connectivity index (χ1v) is 3.86. The van der Waals surface area contributed by atoms with Crippen LogP contribution in [0.4, 0.5) is 10.1 Å². The molecule has 1 aromatic rings. The predicted molar refractivity (Wildman–Crippen MR) is 47.4 cm³/mol. The van der Waals surface area contributed by atoms with Crippen molar-refractivity contribution in [3.05, 3.63) is 38.9 Å². The Morgan fingerprint density at radius 1 is 1.38 bits per heavy atom. The van der Waals surface area contributed by atoms with E-state index in [0.717, 1.165) is 5.56 Å². The zero-order valence-corrected chi connectivity index (χ0v) is 7.50. The highest BCUT2D eigenvalue weighted by Gasteiger charge is 2.12. The molecule has 0 radical (unpaired) electrons. The Hall–Kier alpha value is -1.45. The van der Waals surface area contributed by atoms with Gasteiger partial charge in [0, 0.05) is 11.6 Å². The van der Waals surface area contributed by atoms with Gasteiger partial charge in [0.15, 0.2) is 0 Å². The number of halogens is 1. The molecule has 70 valence electrons. The Morgan fingerprint density at radius 3 is 2.46 bits per heavy atom. The number of nitro benzene ring substituents is 1. The zero-order valence-electron chi connectivity index (χ0n) is 7.50. The maximum Gasteiger partial charge on any atom is 0.272 e. The molecule has 1 aromatic carbocycles. The van der Waals surface area contributed by atoms with E-state index in [0.29, 0.717) is 11.1 Å². The molecule has 13 heavy (non-hydrogen) atoms. The van der Waals surface area contributed by atoms with Gasteiger partial charge in [0.25, 0.3) is 5.69 Å². The number of alkyl halides is 1. The van der Waals surface area contributed by atoms with Crippen LogP contribution >= 0.6 is 0 Å². The molecule has 0 aliphatic carbocycles. The molecule has 0 N–H and O–H groups in total. The summed E-state index contributed by atoms with van der Waals surface area (Å²) in [6.07, 6.45) is 0. The zero-order chi connectivity index (χ0) is 10.0. The first kappa shape index (κ1) is 9.64. The summed E-state index contributed by atoms with van der Waals surface area (Å²) in [4.78, 5) is 9.99. The average molecular weight is 183 g/mol. The number of hydrogen-bond acceptors (Lipinski definition) is 2. The van der Waals surface area contributed by atoms with Crippen LogP contribution in [0.3, 0.4) is 0 Å². The summed E-state index contributed by atoms with van der Waals surface area (Å²) in [7, 11) is 0. The highest BCUT2D eigenvalue weighted by atomic mass is 19.1. The van der Waals surface area contributed by atoms with E-state index in [2.05, 4.69) is 0 Å². The van der Waals surface area contributed by atoms with Gasteiger partial charge in [0.2, 0.25) is 0 Å². The number of benzene rings is 1. The van der Waals surface area contributed by atoms with Gasteiger partial charge in [-0.3, -0.25) is 10.1 Å². The lowest BCUT2D eigenvalue weighted by Gasteiger charge is -2.03. The lowest BCUT2D eigenvalue weighted by Crippen LogP contribution is -1.95. The van der Waals surface area contributed by atoms with Crippen molar-refractivity contribution in [2.75, 3.05) is 0 Å². The molecule has 0 bridgehead atoms. The first-order chi connectivity index (χ1) is 6.06. The molecule has 0 aliphatic rings. The van der Waals surface area contributed by atoms with Crippen LogP contribution in [0, 0.1) is 24.0 Å². The second-order valence-electron chi connectivity index (χ2n) is 2.96. The van der Waals surface area contributed by atoms with Crippen LogP contribution in [0.25, 0.3) is 0 Å². The fourth-order valence-corrected chi connectivity index (χ4v) is 1.22. The number of nitro groups is 1. The summed E-state index contributed by atoms with van der Waals surface area (Å²) in [5.41, 5.74) is 1.70. The smallest absolute Gasteiger partial charge is 0.258 e. The van der Waals surface area contributed by atoms with E-state index < -0.39 is 11.6 Å². The fourth-order valence-electron chi connectivity index (χ4n) is 1.22. The Balaban J connectivity index is 3.30. The second kappa shape index (κ2) is 3.51. The average Bonchev–Trinajstić information content (AvgIpc) is 2.03. The molecular formula is C9H10FNO2. The Labute approximate surface area is 75.3 Å². The summed E-state index contributed by atoms with van der Waals surface area (Å²) in [6, 6.07) is 2.93. The molecule has 0 saturated heterocycles. The van der Waals surface area contributed by atoms with Crippen LogP contribution in [0.1, 0.15) is 16.7 Å². The molecule has 0 saturated carbocycles. The van der Waals surface area contributed by atoms with Crippen molar-refractivity contribution >= 4 is 5.69 Å². The third-order valence-corrected chi connectivity index (χ3v) is 2.00. The molecule has 0 spiro atoms.